The van der Waals surface area contributed by atoms with E-state index in [9.17, 15) is 13.6 Å². The first-order chi connectivity index (χ1) is 15.9. The fourth-order valence-corrected chi connectivity index (χ4v) is 5.21. The van der Waals surface area contributed by atoms with Gasteiger partial charge in [0.2, 0.25) is 0 Å². The van der Waals surface area contributed by atoms with Crippen LogP contribution < -0.4 is 10.1 Å². The first-order valence-corrected chi connectivity index (χ1v) is 12.0. The minimum Gasteiger partial charge on any atom is -0.490 e. The topological polar surface area (TPSA) is 54.5 Å². The van der Waals surface area contributed by atoms with E-state index in [1.807, 2.05) is 6.92 Å². The van der Waals surface area contributed by atoms with E-state index in [1.165, 1.54) is 41.7 Å². The summed E-state index contributed by atoms with van der Waals surface area (Å²) < 4.78 is 33.3. The molecular weight excluding hydrogens is 468 g/mol. The average molecular weight is 492 g/mol. The van der Waals surface area contributed by atoms with Gasteiger partial charge in [0.25, 0.3) is 5.91 Å². The van der Waals surface area contributed by atoms with Crippen molar-refractivity contribution in [3.8, 4) is 5.75 Å². The molecule has 5 nitrogen and oxygen atoms in total. The van der Waals surface area contributed by atoms with Crippen molar-refractivity contribution in [1.29, 1.82) is 0 Å². The lowest BCUT2D eigenvalue weighted by Gasteiger charge is -2.37. The number of amides is 1. The van der Waals surface area contributed by atoms with Gasteiger partial charge < -0.3 is 10.1 Å². The summed E-state index contributed by atoms with van der Waals surface area (Å²) in [6.45, 7) is 3.75. The number of ether oxygens (including phenoxy) is 1. The van der Waals surface area contributed by atoms with Gasteiger partial charge in [-0.2, -0.15) is 0 Å². The molecule has 0 saturated carbocycles. The van der Waals surface area contributed by atoms with Gasteiger partial charge in [0.15, 0.2) is 0 Å². The van der Waals surface area contributed by atoms with Crippen LogP contribution in [0.25, 0.3) is 0 Å². The van der Waals surface area contributed by atoms with Crippen LogP contribution in [0, 0.1) is 18.6 Å². The molecule has 1 fully saturated rings. The lowest BCUT2D eigenvalue weighted by molar-refractivity contribution is 0.0719. The third-order valence-corrected chi connectivity index (χ3v) is 7.11. The smallest absolute Gasteiger partial charge is 0.255 e. The lowest BCUT2D eigenvalue weighted by atomic mass is 10.0. The lowest BCUT2D eigenvalue weighted by Crippen LogP contribution is -2.44. The number of piperidine rings is 1. The molecule has 4 rings (SSSR count). The highest BCUT2D eigenvalue weighted by Crippen LogP contribution is 2.30. The van der Waals surface area contributed by atoms with Crippen LogP contribution in [0.1, 0.15) is 39.8 Å². The Morgan fingerprint density at radius 1 is 1.24 bits per heavy atom. The number of aryl methyl sites for hydroxylation is 1. The van der Waals surface area contributed by atoms with Crippen LogP contribution in [0.2, 0.25) is 5.02 Å². The van der Waals surface area contributed by atoms with E-state index in [-0.39, 0.29) is 28.5 Å². The number of rotatable bonds is 7. The first-order valence-electron chi connectivity index (χ1n) is 10.7. The maximum atomic E-state index is 14.2. The third kappa shape index (κ3) is 5.69. The molecule has 1 aliphatic heterocycles. The molecule has 2 heterocycles. The van der Waals surface area contributed by atoms with E-state index in [0.29, 0.717) is 12.3 Å². The quantitative estimate of drug-likeness (QED) is 0.481. The molecule has 0 bridgehead atoms. The molecule has 2 aromatic carbocycles. The van der Waals surface area contributed by atoms with Crippen LogP contribution >= 0.6 is 22.9 Å². The Kier molecular flexibility index (Phi) is 7.57. The molecule has 1 amide bonds. The molecule has 9 heteroatoms. The fraction of sp³-hybridized carbons (Fsp3) is 0.333. The predicted molar refractivity (Wildman–Crippen MR) is 125 cm³/mol. The largest absolute Gasteiger partial charge is 0.490 e. The van der Waals surface area contributed by atoms with Crippen molar-refractivity contribution < 1.29 is 18.3 Å². The third-order valence-electron chi connectivity index (χ3n) is 5.76. The van der Waals surface area contributed by atoms with Crippen LogP contribution in [0.3, 0.4) is 0 Å². The molecule has 1 aliphatic rings. The maximum absolute atomic E-state index is 14.2. The van der Waals surface area contributed by atoms with Gasteiger partial charge in [0, 0.05) is 24.5 Å². The van der Waals surface area contributed by atoms with E-state index in [2.05, 4.69) is 15.2 Å². The molecule has 1 unspecified atom stereocenters. The number of nitrogens with one attached hydrogen (secondary N) is 1. The van der Waals surface area contributed by atoms with Crippen molar-refractivity contribution in [1.82, 2.24) is 15.2 Å². The SMILES string of the molecule is Cc1ncsc1C(CNC(=O)c1c(F)cccc1Cl)N1CCC(Oc2ccc(F)cc2)CC1. The minimum atomic E-state index is -0.649. The molecule has 33 heavy (non-hydrogen) atoms. The second-order valence-corrected chi connectivity index (χ2v) is 9.23. The van der Waals surface area contributed by atoms with Crippen molar-refractivity contribution in [3.63, 3.8) is 0 Å². The van der Waals surface area contributed by atoms with E-state index >= 15 is 0 Å². The van der Waals surface area contributed by atoms with Gasteiger partial charge in [-0.1, -0.05) is 17.7 Å². The summed E-state index contributed by atoms with van der Waals surface area (Å²) in [4.78, 5) is 20.4. The highest BCUT2D eigenvalue weighted by Gasteiger charge is 2.30. The van der Waals surface area contributed by atoms with Gasteiger partial charge in [-0.3, -0.25) is 9.69 Å². The second kappa shape index (κ2) is 10.6. The van der Waals surface area contributed by atoms with E-state index < -0.39 is 11.7 Å². The zero-order valence-corrected chi connectivity index (χ0v) is 19.6. The normalized spacial score (nSPS) is 15.9. The van der Waals surface area contributed by atoms with Crippen LogP contribution in [0.4, 0.5) is 8.78 Å². The van der Waals surface area contributed by atoms with Crippen molar-refractivity contribution in [2.75, 3.05) is 19.6 Å². The summed E-state index contributed by atoms with van der Waals surface area (Å²) in [7, 11) is 0. The number of carbonyl (C=O) groups excluding carboxylic acids is 1. The van der Waals surface area contributed by atoms with E-state index in [1.54, 1.807) is 17.6 Å². The maximum Gasteiger partial charge on any atom is 0.255 e. The molecule has 3 aromatic rings. The number of nitrogens with zero attached hydrogens (tertiary/aromatic N) is 2. The van der Waals surface area contributed by atoms with Gasteiger partial charge in [-0.25, -0.2) is 13.8 Å². The Morgan fingerprint density at radius 3 is 2.61 bits per heavy atom. The number of aromatic nitrogens is 1. The summed E-state index contributed by atoms with van der Waals surface area (Å²) in [5.41, 5.74) is 2.55. The predicted octanol–water partition coefficient (Wildman–Crippen LogP) is 5.40. The standard InChI is InChI=1S/C24H24ClF2N3O2S/c1-15-23(33-14-29-15)21(13-28-24(31)22-19(25)3-2-4-20(22)27)30-11-9-18(10-12-30)32-17-7-5-16(26)6-8-17/h2-8,14,18,21H,9-13H2,1H3,(H,28,31). The fourth-order valence-electron chi connectivity index (χ4n) is 4.02. The Bertz CT molecular complexity index is 1080. The summed E-state index contributed by atoms with van der Waals surface area (Å²) in [5, 5.41) is 2.94. The highest BCUT2D eigenvalue weighted by atomic mass is 35.5. The molecule has 0 aliphatic carbocycles. The Labute approximate surface area is 200 Å². The summed E-state index contributed by atoms with van der Waals surface area (Å²) in [6, 6.07) is 10.1. The first kappa shape index (κ1) is 23.6. The highest BCUT2D eigenvalue weighted by molar-refractivity contribution is 7.09. The zero-order chi connectivity index (χ0) is 23.4. The molecule has 0 spiro atoms. The molecule has 1 aromatic heterocycles. The summed E-state index contributed by atoms with van der Waals surface area (Å²) in [5.74, 6) is -0.832. The molecule has 174 valence electrons. The molecule has 1 saturated heterocycles. The molecule has 0 radical (unpaired) electrons. The Hall–Kier alpha value is -2.55. The molecular formula is C24H24ClF2N3O2S. The summed E-state index contributed by atoms with van der Waals surface area (Å²) >= 11 is 7.59. The molecule has 1 atom stereocenters. The van der Waals surface area contributed by atoms with Crippen molar-refractivity contribution in [2.24, 2.45) is 0 Å². The minimum absolute atomic E-state index is 0.0294. The zero-order valence-electron chi connectivity index (χ0n) is 18.1. The number of carbonyl (C=O) groups is 1. The number of likely N-dealkylation sites (tertiary alicyclic amines) is 1. The summed E-state index contributed by atoms with van der Waals surface area (Å²) in [6.07, 6.45) is 1.61. The second-order valence-electron chi connectivity index (χ2n) is 7.93. The van der Waals surface area contributed by atoms with Crippen molar-refractivity contribution in [3.05, 3.63) is 80.8 Å². The number of hydrogen-bond donors (Lipinski definition) is 1. The average Bonchev–Trinajstić information content (AvgIpc) is 3.22. The number of thiazole rings is 1. The molecule has 1 N–H and O–H groups in total. The van der Waals surface area contributed by atoms with Crippen LogP contribution in [0.15, 0.2) is 48.0 Å². The van der Waals surface area contributed by atoms with Crippen LogP contribution in [-0.4, -0.2) is 41.5 Å². The number of halogens is 3. The van der Waals surface area contributed by atoms with E-state index in [0.717, 1.165) is 36.5 Å². The van der Waals surface area contributed by atoms with Gasteiger partial charge in [-0.15, -0.1) is 11.3 Å². The number of benzene rings is 2. The van der Waals surface area contributed by atoms with Crippen molar-refractivity contribution in [2.45, 2.75) is 31.9 Å². The van der Waals surface area contributed by atoms with Gasteiger partial charge in [-0.05, 0) is 56.2 Å². The Morgan fingerprint density at radius 2 is 1.97 bits per heavy atom. The van der Waals surface area contributed by atoms with E-state index in [4.69, 9.17) is 16.3 Å². The number of hydrogen-bond acceptors (Lipinski definition) is 5. The van der Waals surface area contributed by atoms with Gasteiger partial charge in [0.05, 0.1) is 27.8 Å². The Balaban J connectivity index is 1.42. The van der Waals surface area contributed by atoms with Crippen molar-refractivity contribution >= 4 is 28.8 Å². The van der Waals surface area contributed by atoms with Gasteiger partial charge >= 0.3 is 0 Å². The van der Waals surface area contributed by atoms with Crippen LogP contribution in [0.5, 0.6) is 5.75 Å². The van der Waals surface area contributed by atoms with Gasteiger partial charge in [0.1, 0.15) is 23.5 Å². The monoisotopic (exact) mass is 491 g/mol. The van der Waals surface area contributed by atoms with Crippen LogP contribution in [-0.2, 0) is 0 Å².